The number of alkyl carbamates (subject to hydrolysis) is 1. The fraction of sp³-hybridized carbons (Fsp3) is 0.895. The van der Waals surface area contributed by atoms with E-state index in [1.807, 2.05) is 41.5 Å². The molecule has 24 heavy (non-hydrogen) atoms. The third kappa shape index (κ3) is 9.14. The standard InChI is InChI=1S/C19H37NO4/c1-13(2)15(18(7,8)12-23-14(3)21)24-16(22)20-19(9,10)11-17(4,5)6/h13,15H,11-12H2,1-10H3,(H,20,22). The van der Waals surface area contributed by atoms with E-state index in [0.29, 0.717) is 0 Å². The lowest BCUT2D eigenvalue weighted by molar-refractivity contribution is -0.147. The summed E-state index contributed by atoms with van der Waals surface area (Å²) in [7, 11) is 0. The minimum atomic E-state index is -0.467. The number of carbonyl (C=O) groups is 2. The summed E-state index contributed by atoms with van der Waals surface area (Å²) in [5.74, 6) is -0.228. The minimum Gasteiger partial charge on any atom is -0.465 e. The zero-order chi connectivity index (χ0) is 19.3. The Morgan fingerprint density at radius 2 is 1.50 bits per heavy atom. The van der Waals surface area contributed by atoms with E-state index in [0.717, 1.165) is 6.42 Å². The predicted octanol–water partition coefficient (Wildman–Crippen LogP) is 4.54. The van der Waals surface area contributed by atoms with Gasteiger partial charge in [-0.2, -0.15) is 0 Å². The topological polar surface area (TPSA) is 64.6 Å². The summed E-state index contributed by atoms with van der Waals surface area (Å²) in [5.41, 5.74) is -0.731. The molecule has 0 aliphatic carbocycles. The number of amides is 1. The van der Waals surface area contributed by atoms with Crippen LogP contribution in [0, 0.1) is 16.7 Å². The van der Waals surface area contributed by atoms with Gasteiger partial charge in [-0.15, -0.1) is 0 Å². The van der Waals surface area contributed by atoms with Crippen molar-refractivity contribution in [2.45, 2.75) is 87.3 Å². The largest absolute Gasteiger partial charge is 0.465 e. The van der Waals surface area contributed by atoms with Gasteiger partial charge in [-0.05, 0) is 31.6 Å². The Hall–Kier alpha value is -1.26. The quantitative estimate of drug-likeness (QED) is 0.689. The maximum atomic E-state index is 12.4. The van der Waals surface area contributed by atoms with Crippen molar-refractivity contribution in [1.29, 1.82) is 0 Å². The average molecular weight is 344 g/mol. The van der Waals surface area contributed by atoms with Gasteiger partial charge >= 0.3 is 12.1 Å². The molecule has 1 amide bonds. The summed E-state index contributed by atoms with van der Waals surface area (Å²) >= 11 is 0. The van der Waals surface area contributed by atoms with Gasteiger partial charge in [-0.25, -0.2) is 4.79 Å². The van der Waals surface area contributed by atoms with Crippen LogP contribution in [0.25, 0.3) is 0 Å². The second kappa shape index (κ2) is 8.21. The molecule has 0 aromatic carbocycles. The van der Waals surface area contributed by atoms with Crippen molar-refractivity contribution in [1.82, 2.24) is 5.32 Å². The molecule has 0 rings (SSSR count). The summed E-state index contributed by atoms with van der Waals surface area (Å²) in [5, 5.41) is 2.97. The molecule has 0 aliphatic rings. The van der Waals surface area contributed by atoms with Crippen LogP contribution >= 0.6 is 0 Å². The van der Waals surface area contributed by atoms with Gasteiger partial charge in [0, 0.05) is 17.9 Å². The highest BCUT2D eigenvalue weighted by atomic mass is 16.6. The second-order valence-electron chi connectivity index (χ2n) is 9.59. The van der Waals surface area contributed by atoms with E-state index in [4.69, 9.17) is 9.47 Å². The molecule has 1 N–H and O–H groups in total. The lowest BCUT2D eigenvalue weighted by Crippen LogP contribution is -2.49. The average Bonchev–Trinajstić information content (AvgIpc) is 2.29. The van der Waals surface area contributed by atoms with Crippen molar-refractivity contribution in [2.75, 3.05) is 6.61 Å². The zero-order valence-electron chi connectivity index (χ0n) is 17.2. The fourth-order valence-corrected chi connectivity index (χ4v) is 3.36. The summed E-state index contributed by atoms with van der Waals surface area (Å²) < 4.78 is 10.9. The van der Waals surface area contributed by atoms with Crippen molar-refractivity contribution in [3.63, 3.8) is 0 Å². The Kier molecular flexibility index (Phi) is 7.78. The van der Waals surface area contributed by atoms with Crippen LogP contribution in [-0.2, 0) is 14.3 Å². The molecule has 5 nitrogen and oxygen atoms in total. The highest BCUT2D eigenvalue weighted by Gasteiger charge is 2.37. The van der Waals surface area contributed by atoms with Crippen LogP contribution in [-0.4, -0.2) is 30.3 Å². The van der Waals surface area contributed by atoms with Crippen molar-refractivity contribution in [2.24, 2.45) is 16.7 Å². The smallest absolute Gasteiger partial charge is 0.407 e. The molecule has 0 spiro atoms. The molecule has 1 atom stereocenters. The monoisotopic (exact) mass is 343 g/mol. The van der Waals surface area contributed by atoms with Gasteiger partial charge in [0.15, 0.2) is 0 Å². The minimum absolute atomic E-state index is 0.100. The van der Waals surface area contributed by atoms with Crippen LogP contribution in [0.4, 0.5) is 4.79 Å². The van der Waals surface area contributed by atoms with Crippen LogP contribution in [0.2, 0.25) is 0 Å². The Morgan fingerprint density at radius 3 is 1.88 bits per heavy atom. The van der Waals surface area contributed by atoms with E-state index in [2.05, 4.69) is 26.1 Å². The van der Waals surface area contributed by atoms with Crippen molar-refractivity contribution in [3.05, 3.63) is 0 Å². The maximum absolute atomic E-state index is 12.4. The van der Waals surface area contributed by atoms with E-state index < -0.39 is 11.5 Å². The lowest BCUT2D eigenvalue weighted by atomic mass is 9.81. The Bertz CT molecular complexity index is 433. The first kappa shape index (κ1) is 22.7. The van der Waals surface area contributed by atoms with E-state index in [-0.39, 0.29) is 35.6 Å². The maximum Gasteiger partial charge on any atom is 0.407 e. The molecule has 1 unspecified atom stereocenters. The van der Waals surface area contributed by atoms with Gasteiger partial charge in [-0.3, -0.25) is 4.79 Å². The highest BCUT2D eigenvalue weighted by Crippen LogP contribution is 2.31. The van der Waals surface area contributed by atoms with Crippen molar-refractivity contribution < 1.29 is 19.1 Å². The fourth-order valence-electron chi connectivity index (χ4n) is 3.36. The molecule has 0 fully saturated rings. The Morgan fingerprint density at radius 1 is 1.00 bits per heavy atom. The number of hydrogen-bond donors (Lipinski definition) is 1. The van der Waals surface area contributed by atoms with Crippen LogP contribution in [0.5, 0.6) is 0 Å². The number of hydrogen-bond acceptors (Lipinski definition) is 4. The number of esters is 1. The highest BCUT2D eigenvalue weighted by molar-refractivity contribution is 5.68. The Balaban J connectivity index is 4.94. The number of nitrogens with one attached hydrogen (secondary N) is 1. The first-order chi connectivity index (χ1) is 10.6. The summed E-state index contributed by atoms with van der Waals surface area (Å²) in [4.78, 5) is 23.5. The van der Waals surface area contributed by atoms with Crippen LogP contribution in [0.3, 0.4) is 0 Å². The van der Waals surface area contributed by atoms with Crippen LogP contribution in [0.15, 0.2) is 0 Å². The summed E-state index contributed by atoms with van der Waals surface area (Å²) in [6.07, 6.45) is 0.0410. The molecule has 142 valence electrons. The molecule has 0 bridgehead atoms. The van der Waals surface area contributed by atoms with E-state index >= 15 is 0 Å². The zero-order valence-corrected chi connectivity index (χ0v) is 17.2. The number of rotatable bonds is 7. The third-order valence-corrected chi connectivity index (χ3v) is 3.67. The molecular formula is C19H37NO4. The second-order valence-corrected chi connectivity index (χ2v) is 9.59. The molecule has 0 saturated carbocycles. The van der Waals surface area contributed by atoms with E-state index in [9.17, 15) is 9.59 Å². The molecule has 0 aromatic rings. The normalized spacial score (nSPS) is 14.3. The van der Waals surface area contributed by atoms with Gasteiger partial charge in [-0.1, -0.05) is 48.5 Å². The van der Waals surface area contributed by atoms with Gasteiger partial charge in [0.2, 0.25) is 0 Å². The molecule has 0 aromatic heterocycles. The predicted molar refractivity (Wildman–Crippen MR) is 96.8 cm³/mol. The van der Waals surface area contributed by atoms with Gasteiger partial charge in [0.05, 0.1) is 6.61 Å². The summed E-state index contributed by atoms with van der Waals surface area (Å²) in [6.45, 7) is 19.9. The molecule has 0 heterocycles. The third-order valence-electron chi connectivity index (χ3n) is 3.67. The molecule has 0 radical (unpaired) electrons. The van der Waals surface area contributed by atoms with E-state index in [1.54, 1.807) is 0 Å². The van der Waals surface area contributed by atoms with Gasteiger partial charge < -0.3 is 14.8 Å². The molecule has 0 saturated heterocycles. The SMILES string of the molecule is CC(=O)OCC(C)(C)C(OC(=O)NC(C)(C)CC(C)(C)C)C(C)C. The van der Waals surface area contributed by atoms with E-state index in [1.165, 1.54) is 6.92 Å². The van der Waals surface area contributed by atoms with Crippen molar-refractivity contribution in [3.8, 4) is 0 Å². The summed E-state index contributed by atoms with van der Waals surface area (Å²) in [6, 6.07) is 0. The molecular weight excluding hydrogens is 306 g/mol. The van der Waals surface area contributed by atoms with Gasteiger partial charge in [0.1, 0.15) is 6.10 Å². The van der Waals surface area contributed by atoms with Crippen molar-refractivity contribution >= 4 is 12.1 Å². The first-order valence-corrected chi connectivity index (χ1v) is 8.68. The Labute approximate surface area is 147 Å². The molecule has 5 heteroatoms. The van der Waals surface area contributed by atoms with Crippen LogP contribution in [0.1, 0.15) is 75.7 Å². The lowest BCUT2D eigenvalue weighted by Gasteiger charge is -2.38. The van der Waals surface area contributed by atoms with Gasteiger partial charge in [0.25, 0.3) is 0 Å². The molecule has 0 aliphatic heterocycles. The number of carbonyl (C=O) groups excluding carboxylic acids is 2. The first-order valence-electron chi connectivity index (χ1n) is 8.68. The number of ether oxygens (including phenoxy) is 2. The van der Waals surface area contributed by atoms with Crippen LogP contribution < -0.4 is 5.32 Å².